The standard InChI is InChI=1S/C23H37N5O/c1-24-23(28-11-9-21(19-28)17-26-12-14-29-15-13-26)25-16-22-8-5-10-27(22)18-20-6-3-2-4-7-20/h2-4,6-7,21-22H,5,8-19H2,1H3,(H,24,25). The van der Waals surface area contributed by atoms with Crippen LogP contribution in [0.2, 0.25) is 0 Å². The first-order valence-corrected chi connectivity index (χ1v) is 11.4. The molecule has 160 valence electrons. The number of aliphatic imine (C=N–C) groups is 1. The zero-order valence-corrected chi connectivity index (χ0v) is 17.9. The van der Waals surface area contributed by atoms with E-state index in [-0.39, 0.29) is 0 Å². The maximum atomic E-state index is 5.48. The van der Waals surface area contributed by atoms with Crippen LogP contribution in [-0.4, -0.2) is 92.8 Å². The van der Waals surface area contributed by atoms with Gasteiger partial charge in [-0.05, 0) is 37.3 Å². The molecule has 3 aliphatic rings. The average Bonchev–Trinajstić information content (AvgIpc) is 3.40. The Morgan fingerprint density at radius 1 is 1.10 bits per heavy atom. The molecule has 1 aromatic rings. The van der Waals surface area contributed by atoms with Crippen LogP contribution in [0, 0.1) is 5.92 Å². The van der Waals surface area contributed by atoms with Gasteiger partial charge in [0.05, 0.1) is 13.2 Å². The summed E-state index contributed by atoms with van der Waals surface area (Å²) in [4.78, 5) is 12.2. The number of ether oxygens (including phenoxy) is 1. The van der Waals surface area contributed by atoms with Crippen LogP contribution in [0.1, 0.15) is 24.8 Å². The molecule has 29 heavy (non-hydrogen) atoms. The van der Waals surface area contributed by atoms with Crippen LogP contribution in [0.25, 0.3) is 0 Å². The molecule has 0 spiro atoms. The first kappa shape index (κ1) is 20.6. The summed E-state index contributed by atoms with van der Waals surface area (Å²) in [5, 5.41) is 3.69. The molecule has 2 atom stereocenters. The van der Waals surface area contributed by atoms with Crippen molar-refractivity contribution in [2.24, 2.45) is 10.9 Å². The maximum Gasteiger partial charge on any atom is 0.193 e. The summed E-state index contributed by atoms with van der Waals surface area (Å²) in [6.45, 7) is 10.6. The molecular formula is C23H37N5O. The molecule has 0 radical (unpaired) electrons. The van der Waals surface area contributed by atoms with Gasteiger partial charge in [0.15, 0.2) is 5.96 Å². The number of hydrogen-bond donors (Lipinski definition) is 1. The van der Waals surface area contributed by atoms with Gasteiger partial charge in [0.1, 0.15) is 0 Å². The molecule has 3 fully saturated rings. The number of hydrogen-bond acceptors (Lipinski definition) is 4. The Morgan fingerprint density at radius 2 is 1.93 bits per heavy atom. The monoisotopic (exact) mass is 399 g/mol. The van der Waals surface area contributed by atoms with Gasteiger partial charge in [-0.15, -0.1) is 0 Å². The number of benzene rings is 1. The fourth-order valence-corrected chi connectivity index (χ4v) is 5.02. The van der Waals surface area contributed by atoms with Crippen LogP contribution in [0.15, 0.2) is 35.3 Å². The van der Waals surface area contributed by atoms with Crippen molar-refractivity contribution < 1.29 is 4.74 Å². The fraction of sp³-hybridized carbons (Fsp3) is 0.696. The van der Waals surface area contributed by atoms with E-state index in [1.54, 1.807) is 0 Å². The predicted molar refractivity (Wildman–Crippen MR) is 118 cm³/mol. The summed E-state index contributed by atoms with van der Waals surface area (Å²) >= 11 is 0. The van der Waals surface area contributed by atoms with Crippen LogP contribution < -0.4 is 5.32 Å². The predicted octanol–water partition coefficient (Wildman–Crippen LogP) is 1.88. The SMILES string of the molecule is CN=C(NCC1CCCN1Cc1ccccc1)N1CCC(CN2CCOCC2)C1. The average molecular weight is 400 g/mol. The molecule has 6 nitrogen and oxygen atoms in total. The zero-order chi connectivity index (χ0) is 19.9. The van der Waals surface area contributed by atoms with E-state index in [0.717, 1.165) is 64.4 Å². The summed E-state index contributed by atoms with van der Waals surface area (Å²) < 4.78 is 5.48. The third-order valence-electron chi connectivity index (χ3n) is 6.64. The van der Waals surface area contributed by atoms with Crippen molar-refractivity contribution in [1.29, 1.82) is 0 Å². The summed E-state index contributed by atoms with van der Waals surface area (Å²) in [5.74, 6) is 1.83. The molecule has 3 aliphatic heterocycles. The van der Waals surface area contributed by atoms with E-state index in [2.05, 4.69) is 55.3 Å². The van der Waals surface area contributed by atoms with Gasteiger partial charge >= 0.3 is 0 Å². The summed E-state index contributed by atoms with van der Waals surface area (Å²) in [6.07, 6.45) is 3.83. The summed E-state index contributed by atoms with van der Waals surface area (Å²) in [6, 6.07) is 11.4. The third kappa shape index (κ3) is 5.71. The lowest BCUT2D eigenvalue weighted by Gasteiger charge is -2.30. The number of guanidine groups is 1. The Labute approximate surface area is 175 Å². The number of morpholine rings is 1. The fourth-order valence-electron chi connectivity index (χ4n) is 5.02. The molecule has 4 rings (SSSR count). The Bertz CT molecular complexity index is 646. The molecular weight excluding hydrogens is 362 g/mol. The van der Waals surface area contributed by atoms with E-state index in [0.29, 0.717) is 6.04 Å². The van der Waals surface area contributed by atoms with Crippen molar-refractivity contribution in [1.82, 2.24) is 20.0 Å². The highest BCUT2D eigenvalue weighted by Gasteiger charge is 2.29. The number of likely N-dealkylation sites (tertiary alicyclic amines) is 2. The lowest BCUT2D eigenvalue weighted by atomic mass is 10.1. The van der Waals surface area contributed by atoms with Gasteiger partial charge < -0.3 is 15.0 Å². The van der Waals surface area contributed by atoms with Crippen molar-refractivity contribution in [2.75, 3.05) is 66.1 Å². The molecule has 0 amide bonds. The molecule has 6 heteroatoms. The van der Waals surface area contributed by atoms with Crippen molar-refractivity contribution in [3.8, 4) is 0 Å². The van der Waals surface area contributed by atoms with Gasteiger partial charge in [-0.1, -0.05) is 30.3 Å². The lowest BCUT2D eigenvalue weighted by molar-refractivity contribution is 0.0315. The van der Waals surface area contributed by atoms with Crippen molar-refractivity contribution in [3.05, 3.63) is 35.9 Å². The molecule has 0 aromatic heterocycles. The zero-order valence-electron chi connectivity index (χ0n) is 17.9. The van der Waals surface area contributed by atoms with Crippen LogP contribution in [0.4, 0.5) is 0 Å². The molecule has 2 unspecified atom stereocenters. The highest BCUT2D eigenvalue weighted by atomic mass is 16.5. The number of nitrogens with zero attached hydrogens (tertiary/aromatic N) is 4. The second-order valence-corrected chi connectivity index (χ2v) is 8.69. The van der Waals surface area contributed by atoms with Crippen molar-refractivity contribution in [3.63, 3.8) is 0 Å². The Balaban J connectivity index is 1.24. The highest BCUT2D eigenvalue weighted by molar-refractivity contribution is 5.80. The van der Waals surface area contributed by atoms with E-state index in [9.17, 15) is 0 Å². The van der Waals surface area contributed by atoms with E-state index >= 15 is 0 Å². The second-order valence-electron chi connectivity index (χ2n) is 8.69. The van der Waals surface area contributed by atoms with Gasteiger partial charge in [-0.2, -0.15) is 0 Å². The maximum absolute atomic E-state index is 5.48. The van der Waals surface area contributed by atoms with Crippen molar-refractivity contribution >= 4 is 5.96 Å². The van der Waals surface area contributed by atoms with Gasteiger partial charge in [-0.25, -0.2) is 0 Å². The van der Waals surface area contributed by atoms with E-state index in [1.165, 1.54) is 37.9 Å². The Hall–Kier alpha value is -1.63. The molecule has 3 saturated heterocycles. The van der Waals surface area contributed by atoms with E-state index < -0.39 is 0 Å². The van der Waals surface area contributed by atoms with Gasteiger partial charge in [0.2, 0.25) is 0 Å². The summed E-state index contributed by atoms with van der Waals surface area (Å²) in [5.41, 5.74) is 1.41. The Kier molecular flexibility index (Phi) is 7.41. The lowest BCUT2D eigenvalue weighted by Crippen LogP contribution is -2.46. The quantitative estimate of drug-likeness (QED) is 0.585. The van der Waals surface area contributed by atoms with Gasteiger partial charge in [-0.3, -0.25) is 14.8 Å². The van der Waals surface area contributed by atoms with Gasteiger partial charge in [0.25, 0.3) is 0 Å². The number of rotatable bonds is 6. The molecule has 1 aromatic carbocycles. The van der Waals surface area contributed by atoms with Crippen molar-refractivity contribution in [2.45, 2.75) is 31.8 Å². The van der Waals surface area contributed by atoms with E-state index in [1.807, 2.05) is 7.05 Å². The van der Waals surface area contributed by atoms with Crippen LogP contribution in [0.5, 0.6) is 0 Å². The minimum Gasteiger partial charge on any atom is -0.379 e. The van der Waals surface area contributed by atoms with Crippen LogP contribution in [-0.2, 0) is 11.3 Å². The molecule has 1 N–H and O–H groups in total. The normalized spacial score (nSPS) is 26.9. The summed E-state index contributed by atoms with van der Waals surface area (Å²) in [7, 11) is 1.92. The van der Waals surface area contributed by atoms with Gasteiger partial charge in [0, 0.05) is 58.9 Å². The smallest absolute Gasteiger partial charge is 0.193 e. The third-order valence-corrected chi connectivity index (χ3v) is 6.64. The van der Waals surface area contributed by atoms with Crippen LogP contribution >= 0.6 is 0 Å². The first-order valence-electron chi connectivity index (χ1n) is 11.4. The van der Waals surface area contributed by atoms with E-state index in [4.69, 9.17) is 4.74 Å². The Morgan fingerprint density at radius 3 is 2.72 bits per heavy atom. The molecule has 0 saturated carbocycles. The molecule has 0 aliphatic carbocycles. The molecule has 0 bridgehead atoms. The first-order chi connectivity index (χ1) is 14.3. The largest absolute Gasteiger partial charge is 0.379 e. The number of nitrogens with one attached hydrogen (secondary N) is 1. The molecule has 3 heterocycles. The second kappa shape index (κ2) is 10.4. The van der Waals surface area contributed by atoms with Crippen LogP contribution in [0.3, 0.4) is 0 Å². The highest BCUT2D eigenvalue weighted by Crippen LogP contribution is 2.21. The topological polar surface area (TPSA) is 43.3 Å². The minimum atomic E-state index is 0.596. The minimum absolute atomic E-state index is 0.596.